The number of benzene rings is 1. The van der Waals surface area contributed by atoms with Gasteiger partial charge in [-0.05, 0) is 44.1 Å². The van der Waals surface area contributed by atoms with Crippen molar-refractivity contribution in [2.75, 3.05) is 0 Å². The van der Waals surface area contributed by atoms with Gasteiger partial charge in [0.25, 0.3) is 0 Å². The smallest absolute Gasteiger partial charge is 0.312 e. The maximum Gasteiger partial charge on any atom is 0.312 e. The van der Waals surface area contributed by atoms with Crippen LogP contribution in [0.15, 0.2) is 30.3 Å². The zero-order valence-electron chi connectivity index (χ0n) is 12.1. The normalized spacial score (nSPS) is 30.9. The summed E-state index contributed by atoms with van der Waals surface area (Å²) in [5, 5.41) is 0. The largest absolute Gasteiger partial charge is 0.460 e. The Balaban J connectivity index is 1.63. The summed E-state index contributed by atoms with van der Waals surface area (Å²) in [4.78, 5) is 24.1. The first kappa shape index (κ1) is 14.1. The molecule has 4 heteroatoms. The fraction of sp³-hybridized carbons (Fsp3) is 0.529. The molecule has 3 aliphatic rings. The summed E-state index contributed by atoms with van der Waals surface area (Å²) in [5.41, 5.74) is 5.79. The fourth-order valence-electron chi connectivity index (χ4n) is 3.74. The highest BCUT2D eigenvalue weighted by atomic mass is 16.5. The highest BCUT2D eigenvalue weighted by Crippen LogP contribution is 2.57. The van der Waals surface area contributed by atoms with Gasteiger partial charge in [-0.15, -0.1) is 0 Å². The first-order valence-corrected chi connectivity index (χ1v) is 7.58. The fourth-order valence-corrected chi connectivity index (χ4v) is 3.74. The van der Waals surface area contributed by atoms with Gasteiger partial charge in [-0.25, -0.2) is 0 Å². The minimum atomic E-state index is -0.383. The van der Waals surface area contributed by atoms with E-state index in [1.165, 1.54) is 0 Å². The van der Waals surface area contributed by atoms with Gasteiger partial charge < -0.3 is 10.5 Å². The summed E-state index contributed by atoms with van der Waals surface area (Å²) in [6.07, 6.45) is 4.35. The molecule has 0 aliphatic heterocycles. The topological polar surface area (TPSA) is 69.4 Å². The Labute approximate surface area is 124 Å². The van der Waals surface area contributed by atoms with Crippen LogP contribution in [0.25, 0.3) is 0 Å². The Morgan fingerprint density at radius 3 is 2.00 bits per heavy atom. The maximum absolute atomic E-state index is 12.5. The number of nitrogens with two attached hydrogens (primary N) is 1. The minimum absolute atomic E-state index is 0.107. The van der Waals surface area contributed by atoms with E-state index in [9.17, 15) is 9.59 Å². The van der Waals surface area contributed by atoms with Crippen molar-refractivity contribution in [3.8, 4) is 0 Å². The lowest BCUT2D eigenvalue weighted by molar-refractivity contribution is -0.169. The molecule has 3 fully saturated rings. The summed E-state index contributed by atoms with van der Waals surface area (Å²) in [6, 6.07) is 9.71. The van der Waals surface area contributed by atoms with Crippen molar-refractivity contribution in [1.29, 1.82) is 0 Å². The zero-order valence-corrected chi connectivity index (χ0v) is 12.1. The molecule has 0 unspecified atom stereocenters. The number of hydrogen-bond acceptors (Lipinski definition) is 3. The predicted octanol–water partition coefficient (Wildman–Crippen LogP) is 2.56. The van der Waals surface area contributed by atoms with Crippen molar-refractivity contribution in [1.82, 2.24) is 0 Å². The number of ether oxygens (including phenoxy) is 1. The Kier molecular flexibility index (Phi) is 3.47. The average molecular weight is 287 g/mol. The van der Waals surface area contributed by atoms with E-state index in [2.05, 4.69) is 0 Å². The standard InChI is InChI=1S/C17H21NO3/c18-14(19)16-6-9-17(10-7-16,11-8-16)15(20)21-12-13-4-2-1-3-5-13/h1-5H,6-12H2,(H2,18,19). The van der Waals surface area contributed by atoms with Crippen LogP contribution in [-0.4, -0.2) is 11.9 Å². The van der Waals surface area contributed by atoms with E-state index < -0.39 is 0 Å². The van der Waals surface area contributed by atoms with Gasteiger partial charge in [0.05, 0.1) is 5.41 Å². The van der Waals surface area contributed by atoms with E-state index in [4.69, 9.17) is 10.5 Å². The SMILES string of the molecule is NC(=O)C12CCC(C(=O)OCc3ccccc3)(CC1)CC2. The molecule has 4 rings (SSSR count). The molecule has 0 aromatic heterocycles. The third-order valence-corrected chi connectivity index (χ3v) is 5.41. The predicted molar refractivity (Wildman–Crippen MR) is 78.0 cm³/mol. The van der Waals surface area contributed by atoms with Crippen LogP contribution in [0, 0.1) is 10.8 Å². The van der Waals surface area contributed by atoms with Crippen LogP contribution in [0.5, 0.6) is 0 Å². The van der Waals surface area contributed by atoms with Gasteiger partial charge in [0, 0.05) is 5.41 Å². The van der Waals surface area contributed by atoms with Crippen LogP contribution in [0.3, 0.4) is 0 Å². The molecule has 0 atom stereocenters. The molecule has 1 aromatic rings. The van der Waals surface area contributed by atoms with Crippen LogP contribution < -0.4 is 5.73 Å². The van der Waals surface area contributed by atoms with Crippen molar-refractivity contribution in [2.24, 2.45) is 16.6 Å². The molecule has 21 heavy (non-hydrogen) atoms. The number of hydrogen-bond donors (Lipinski definition) is 1. The van der Waals surface area contributed by atoms with E-state index in [0.717, 1.165) is 44.1 Å². The first-order chi connectivity index (χ1) is 10.1. The third-order valence-electron chi connectivity index (χ3n) is 5.41. The second-order valence-electron chi connectivity index (χ2n) is 6.49. The molecule has 0 radical (unpaired) electrons. The third kappa shape index (κ3) is 2.43. The molecule has 3 aliphatic carbocycles. The van der Waals surface area contributed by atoms with Gasteiger partial charge in [0.2, 0.25) is 5.91 Å². The average Bonchev–Trinajstić information content (AvgIpc) is 2.55. The van der Waals surface area contributed by atoms with Crippen LogP contribution in [0.1, 0.15) is 44.1 Å². The van der Waals surface area contributed by atoms with Crippen molar-refractivity contribution < 1.29 is 14.3 Å². The molecule has 0 spiro atoms. The second-order valence-corrected chi connectivity index (χ2v) is 6.49. The first-order valence-electron chi connectivity index (χ1n) is 7.58. The number of esters is 1. The Bertz CT molecular complexity index is 528. The van der Waals surface area contributed by atoms with Gasteiger partial charge in [-0.2, -0.15) is 0 Å². The van der Waals surface area contributed by atoms with Gasteiger partial charge in [0.15, 0.2) is 0 Å². The number of fused-ring (bicyclic) bond motifs is 3. The van der Waals surface area contributed by atoms with Crippen LogP contribution >= 0.6 is 0 Å². The Morgan fingerprint density at radius 2 is 1.48 bits per heavy atom. The Morgan fingerprint density at radius 1 is 0.952 bits per heavy atom. The number of carbonyl (C=O) groups is 2. The molecule has 0 saturated heterocycles. The summed E-state index contributed by atoms with van der Waals surface area (Å²) < 4.78 is 5.52. The Hall–Kier alpha value is -1.84. The summed E-state index contributed by atoms with van der Waals surface area (Å²) in [5.74, 6) is -0.308. The molecule has 112 valence electrons. The molecule has 3 saturated carbocycles. The molecule has 4 nitrogen and oxygen atoms in total. The quantitative estimate of drug-likeness (QED) is 0.865. The lowest BCUT2D eigenvalue weighted by Gasteiger charge is -2.50. The highest BCUT2D eigenvalue weighted by Gasteiger charge is 2.55. The summed E-state index contributed by atoms with van der Waals surface area (Å²) >= 11 is 0. The van der Waals surface area contributed by atoms with E-state index >= 15 is 0 Å². The van der Waals surface area contributed by atoms with Crippen molar-refractivity contribution in [3.63, 3.8) is 0 Å². The van der Waals surface area contributed by atoms with Gasteiger partial charge in [-0.3, -0.25) is 9.59 Å². The monoisotopic (exact) mass is 287 g/mol. The van der Waals surface area contributed by atoms with Crippen molar-refractivity contribution in [3.05, 3.63) is 35.9 Å². The molecular weight excluding hydrogens is 266 g/mol. The number of primary amides is 1. The highest BCUT2D eigenvalue weighted by molar-refractivity contribution is 5.83. The van der Waals surface area contributed by atoms with Crippen molar-refractivity contribution >= 4 is 11.9 Å². The molecular formula is C17H21NO3. The van der Waals surface area contributed by atoms with E-state index in [0.29, 0.717) is 6.61 Å². The summed E-state index contributed by atoms with van der Waals surface area (Å²) in [7, 11) is 0. The number of amides is 1. The molecule has 0 heterocycles. The van der Waals surface area contributed by atoms with Crippen LogP contribution in [-0.2, 0) is 20.9 Å². The van der Waals surface area contributed by atoms with Gasteiger partial charge >= 0.3 is 5.97 Å². The van der Waals surface area contributed by atoms with Gasteiger partial charge in [-0.1, -0.05) is 30.3 Å². The molecule has 2 N–H and O–H groups in total. The van der Waals surface area contributed by atoms with E-state index in [1.54, 1.807) is 0 Å². The molecule has 2 bridgehead atoms. The maximum atomic E-state index is 12.5. The second kappa shape index (κ2) is 5.17. The number of carbonyl (C=O) groups excluding carboxylic acids is 2. The summed E-state index contributed by atoms with van der Waals surface area (Å²) in [6.45, 7) is 0.322. The van der Waals surface area contributed by atoms with E-state index in [-0.39, 0.29) is 22.7 Å². The molecule has 1 amide bonds. The lowest BCUT2D eigenvalue weighted by atomic mass is 9.53. The zero-order chi connectivity index (χ0) is 14.9. The lowest BCUT2D eigenvalue weighted by Crippen LogP contribution is -2.51. The minimum Gasteiger partial charge on any atom is -0.460 e. The van der Waals surface area contributed by atoms with Crippen molar-refractivity contribution in [2.45, 2.75) is 45.1 Å². The molecule has 1 aromatic carbocycles. The number of rotatable bonds is 4. The van der Waals surface area contributed by atoms with E-state index in [1.807, 2.05) is 30.3 Å². The van der Waals surface area contributed by atoms with Crippen LogP contribution in [0.2, 0.25) is 0 Å². The van der Waals surface area contributed by atoms with Gasteiger partial charge in [0.1, 0.15) is 6.61 Å². The van der Waals surface area contributed by atoms with Crippen LogP contribution in [0.4, 0.5) is 0 Å².